The number of carbonyl (C=O) groups is 4. The number of likely N-dealkylation sites (tertiary alicyclic amines) is 1. The maximum absolute atomic E-state index is 12.5. The van der Waals surface area contributed by atoms with E-state index in [-0.39, 0.29) is 60.9 Å². The summed E-state index contributed by atoms with van der Waals surface area (Å²) in [6, 6.07) is 0.0394. The molecule has 66 heavy (non-hydrogen) atoms. The molecule has 392 valence electrons. The molecule has 0 aromatic rings. The summed E-state index contributed by atoms with van der Waals surface area (Å²) < 4.78 is 15.1. The summed E-state index contributed by atoms with van der Waals surface area (Å²) >= 11 is 0. The van der Waals surface area contributed by atoms with Crippen molar-refractivity contribution < 1.29 is 38.5 Å². The summed E-state index contributed by atoms with van der Waals surface area (Å²) in [5.74, 6) is -0.431. The van der Waals surface area contributed by atoms with Crippen molar-refractivity contribution >= 4 is 23.8 Å². The van der Waals surface area contributed by atoms with Gasteiger partial charge in [-0.05, 0) is 46.5 Å². The van der Waals surface area contributed by atoms with E-state index >= 15 is 0 Å². The lowest BCUT2D eigenvalue weighted by molar-refractivity contribution is -0.150. The van der Waals surface area contributed by atoms with Crippen LogP contribution in [-0.2, 0) is 33.4 Å². The van der Waals surface area contributed by atoms with Crippen LogP contribution >= 0.6 is 0 Å². The van der Waals surface area contributed by atoms with Crippen molar-refractivity contribution in [2.24, 2.45) is 5.73 Å². The third-order valence-corrected chi connectivity index (χ3v) is 12.7. The maximum Gasteiger partial charge on any atom is 0.306 e. The first-order chi connectivity index (χ1) is 31.8. The number of hydrogen-bond donors (Lipinski definition) is 3. The second-order valence-corrected chi connectivity index (χ2v) is 19.8. The summed E-state index contributed by atoms with van der Waals surface area (Å²) in [5, 5.41) is 11.2. The number of nitrogens with two attached hydrogens (primary N) is 1. The highest BCUT2D eigenvalue weighted by Crippen LogP contribution is 2.18. The largest absolute Gasteiger partial charge is 0.469 e. The Bertz CT molecular complexity index is 1100. The number of hydrogen-bond acceptors (Lipinski definition) is 9. The van der Waals surface area contributed by atoms with Crippen molar-refractivity contribution in [1.29, 1.82) is 0 Å². The van der Waals surface area contributed by atoms with E-state index in [1.54, 1.807) is 7.11 Å². The highest BCUT2D eigenvalue weighted by Gasteiger charge is 2.28. The van der Waals surface area contributed by atoms with Gasteiger partial charge in [-0.3, -0.25) is 19.2 Å². The second kappa shape index (κ2) is 49.2. The Kier molecular flexibility index (Phi) is 49.1. The zero-order valence-electron chi connectivity index (χ0n) is 44.5. The summed E-state index contributed by atoms with van der Waals surface area (Å²) in [6.07, 6.45) is 43.3. The summed E-state index contributed by atoms with van der Waals surface area (Å²) in [6.45, 7) is 12.2. The van der Waals surface area contributed by atoms with Gasteiger partial charge >= 0.3 is 11.9 Å². The predicted molar refractivity (Wildman–Crippen MR) is 275 cm³/mol. The average Bonchev–Trinajstić information content (AvgIpc) is 3.77. The van der Waals surface area contributed by atoms with Crippen molar-refractivity contribution in [3.63, 3.8) is 0 Å². The number of unbranched alkanes of at least 4 members (excludes halogenated alkanes) is 28. The molecule has 0 aliphatic carbocycles. The highest BCUT2D eigenvalue weighted by molar-refractivity contribution is 5.81. The maximum atomic E-state index is 12.5. The Balaban J connectivity index is 0. The van der Waals surface area contributed by atoms with Crippen LogP contribution in [0.25, 0.3) is 0 Å². The predicted octanol–water partition coefficient (Wildman–Crippen LogP) is 13.2. The van der Waals surface area contributed by atoms with Crippen molar-refractivity contribution in [3.05, 3.63) is 0 Å². The van der Waals surface area contributed by atoms with E-state index in [2.05, 4.69) is 23.9 Å². The van der Waals surface area contributed by atoms with Crippen LogP contribution in [0.4, 0.5) is 0 Å². The van der Waals surface area contributed by atoms with Gasteiger partial charge in [-0.15, -0.1) is 0 Å². The second-order valence-electron chi connectivity index (χ2n) is 19.8. The SMILES string of the molecule is CCCCCCCCCCCCCCCCCC(=O)N1CCC(OC(=O)CCC(=O)NCCC(C)N)C1.CCCCCCCCCCCCCCCCCC(=O)OC.COC(C)(C)CCO. The number of amides is 2. The fourth-order valence-electron chi connectivity index (χ4n) is 7.96. The lowest BCUT2D eigenvalue weighted by Crippen LogP contribution is -2.31. The molecule has 1 saturated heterocycles. The molecule has 2 amide bonds. The first-order valence-corrected chi connectivity index (χ1v) is 27.6. The molecule has 1 rings (SSSR count). The van der Waals surface area contributed by atoms with E-state index in [1.807, 2.05) is 25.7 Å². The van der Waals surface area contributed by atoms with Crippen LogP contribution in [0.5, 0.6) is 0 Å². The van der Waals surface area contributed by atoms with Crippen LogP contribution in [0.1, 0.15) is 272 Å². The van der Waals surface area contributed by atoms with E-state index < -0.39 is 0 Å². The third-order valence-electron chi connectivity index (χ3n) is 12.7. The van der Waals surface area contributed by atoms with Crippen LogP contribution in [0, 0.1) is 0 Å². The van der Waals surface area contributed by atoms with Gasteiger partial charge in [-0.2, -0.15) is 0 Å². The third kappa shape index (κ3) is 48.2. The number of nitrogens with one attached hydrogen (secondary N) is 1. The number of methoxy groups -OCH3 is 2. The molecule has 1 aliphatic heterocycles. The molecule has 1 heterocycles. The van der Waals surface area contributed by atoms with E-state index in [4.69, 9.17) is 20.3 Å². The molecular weight excluding hydrogens is 831 g/mol. The minimum Gasteiger partial charge on any atom is -0.469 e. The fraction of sp³-hybridized carbons (Fsp3) is 0.927. The van der Waals surface area contributed by atoms with Gasteiger partial charge in [0.15, 0.2) is 0 Å². The topological polar surface area (TPSA) is 157 Å². The van der Waals surface area contributed by atoms with Gasteiger partial charge in [-0.1, -0.05) is 194 Å². The lowest BCUT2D eigenvalue weighted by atomic mass is 10.0. The van der Waals surface area contributed by atoms with Gasteiger partial charge in [0, 0.05) is 58.5 Å². The molecule has 2 unspecified atom stereocenters. The summed E-state index contributed by atoms with van der Waals surface area (Å²) in [4.78, 5) is 49.1. The molecule has 0 aromatic carbocycles. The number of esters is 2. The molecule has 2 atom stereocenters. The average molecular weight is 940 g/mol. The van der Waals surface area contributed by atoms with Crippen molar-refractivity contribution in [3.8, 4) is 0 Å². The van der Waals surface area contributed by atoms with Gasteiger partial charge in [0.25, 0.3) is 0 Å². The van der Waals surface area contributed by atoms with Crippen LogP contribution in [0.3, 0.4) is 0 Å². The quantitative estimate of drug-likeness (QED) is 0.0400. The molecule has 0 bridgehead atoms. The van der Waals surface area contributed by atoms with Crippen LogP contribution < -0.4 is 11.1 Å². The first kappa shape index (κ1) is 65.8. The highest BCUT2D eigenvalue weighted by atomic mass is 16.5. The normalized spacial score (nSPS) is 13.9. The van der Waals surface area contributed by atoms with Gasteiger partial charge in [0.1, 0.15) is 6.10 Å². The molecule has 0 spiro atoms. The smallest absolute Gasteiger partial charge is 0.306 e. The van der Waals surface area contributed by atoms with E-state index in [1.165, 1.54) is 180 Å². The molecule has 0 aromatic heterocycles. The molecule has 11 heteroatoms. The van der Waals surface area contributed by atoms with Gasteiger partial charge in [-0.25, -0.2) is 0 Å². The summed E-state index contributed by atoms with van der Waals surface area (Å²) in [5.41, 5.74) is 5.50. The van der Waals surface area contributed by atoms with Gasteiger partial charge in [0.05, 0.1) is 25.7 Å². The number of nitrogens with zero attached hydrogens (tertiary/aromatic N) is 1. The number of rotatable bonds is 42. The molecule has 0 saturated carbocycles. The minimum atomic E-state index is -0.371. The Morgan fingerprint density at radius 2 is 1.03 bits per heavy atom. The molecular formula is C55H109N3O8. The molecule has 4 N–H and O–H groups in total. The summed E-state index contributed by atoms with van der Waals surface area (Å²) in [7, 11) is 3.11. The first-order valence-electron chi connectivity index (χ1n) is 27.6. The zero-order valence-corrected chi connectivity index (χ0v) is 44.5. The standard InChI is InChI=1S/C30H57N3O4.C19H38O2.C6H14O2/c1-3-4-5-6-7-8-9-10-11-12-13-14-15-16-17-18-29(35)33-24-22-27(25-33)37-30(36)20-19-28(34)32-23-21-26(2)31;1-3-4-5-6-7-8-9-10-11-12-13-14-15-16-17-18-19(20)21-2;1-6(2,8-3)4-5-7/h26-27H,3-25,31H2,1-2H3,(H,32,34);3-18H2,1-2H3;7H,4-5H2,1-3H3. The van der Waals surface area contributed by atoms with Gasteiger partial charge in [0.2, 0.25) is 11.8 Å². The monoisotopic (exact) mass is 940 g/mol. The van der Waals surface area contributed by atoms with Crippen LogP contribution in [-0.4, -0.2) is 92.0 Å². The fourth-order valence-corrected chi connectivity index (χ4v) is 7.96. The number of carbonyl (C=O) groups excluding carboxylic acids is 4. The van der Waals surface area contributed by atoms with Gasteiger partial charge < -0.3 is 35.3 Å². The molecule has 11 nitrogen and oxygen atoms in total. The molecule has 0 radical (unpaired) electrons. The van der Waals surface area contributed by atoms with Crippen LogP contribution in [0.15, 0.2) is 0 Å². The lowest BCUT2D eigenvalue weighted by Gasteiger charge is -2.20. The van der Waals surface area contributed by atoms with Crippen molar-refractivity contribution in [2.45, 2.75) is 290 Å². The zero-order chi connectivity index (χ0) is 49.4. The number of ether oxygens (including phenoxy) is 3. The Labute approximate surface area is 407 Å². The van der Waals surface area contributed by atoms with E-state index in [0.29, 0.717) is 51.7 Å². The number of aliphatic hydroxyl groups is 1. The van der Waals surface area contributed by atoms with E-state index in [0.717, 1.165) is 19.3 Å². The van der Waals surface area contributed by atoms with Crippen LogP contribution in [0.2, 0.25) is 0 Å². The Morgan fingerprint density at radius 1 is 0.621 bits per heavy atom. The van der Waals surface area contributed by atoms with E-state index in [9.17, 15) is 19.2 Å². The van der Waals surface area contributed by atoms with Crippen molar-refractivity contribution in [1.82, 2.24) is 10.2 Å². The number of aliphatic hydroxyl groups excluding tert-OH is 1. The Hall–Kier alpha value is -2.24. The minimum absolute atomic E-state index is 0.0394. The Morgan fingerprint density at radius 3 is 1.39 bits per heavy atom. The van der Waals surface area contributed by atoms with Crippen molar-refractivity contribution in [2.75, 3.05) is 40.5 Å². The molecule has 1 fully saturated rings. The molecule has 1 aliphatic rings.